The molecule has 0 heterocycles. The summed E-state index contributed by atoms with van der Waals surface area (Å²) in [6.45, 7) is 8.21. The van der Waals surface area contributed by atoms with Gasteiger partial charge in [0.15, 0.2) is 0 Å². The first-order valence-corrected chi connectivity index (χ1v) is 13.9. The highest BCUT2D eigenvalue weighted by atomic mass is 16.6. The molecule has 10 heteroatoms. The van der Waals surface area contributed by atoms with Crippen LogP contribution in [0.1, 0.15) is 24.0 Å². The highest BCUT2D eigenvalue weighted by molar-refractivity contribution is 5.46. The first-order valence-electron chi connectivity index (χ1n) is 13.9. The average Bonchev–Trinajstić information content (AvgIpc) is 2.99. The van der Waals surface area contributed by atoms with Crippen molar-refractivity contribution in [3.63, 3.8) is 0 Å². The van der Waals surface area contributed by atoms with Gasteiger partial charge in [-0.3, -0.25) is 0 Å². The van der Waals surface area contributed by atoms with E-state index in [1.54, 1.807) is 0 Å². The van der Waals surface area contributed by atoms with Crippen LogP contribution in [0.3, 0.4) is 0 Å². The van der Waals surface area contributed by atoms with Crippen LogP contribution in [0.25, 0.3) is 0 Å². The second-order valence-corrected chi connectivity index (χ2v) is 8.65. The van der Waals surface area contributed by atoms with E-state index in [1.807, 2.05) is 36.4 Å². The largest absolute Gasteiger partial charge is 0.491 e. The lowest BCUT2D eigenvalue weighted by Crippen LogP contribution is -2.14. The van der Waals surface area contributed by atoms with Crippen molar-refractivity contribution in [2.24, 2.45) is 0 Å². The van der Waals surface area contributed by atoms with Crippen molar-refractivity contribution < 1.29 is 48.1 Å². The van der Waals surface area contributed by atoms with E-state index in [0.29, 0.717) is 98.2 Å². The van der Waals surface area contributed by atoms with Crippen molar-refractivity contribution in [3.05, 3.63) is 59.7 Å². The van der Waals surface area contributed by atoms with Crippen LogP contribution in [-0.4, -0.2) is 116 Å². The Morgan fingerprint density at radius 1 is 0.525 bits per heavy atom. The Bertz CT molecular complexity index is 852. The van der Waals surface area contributed by atoms with E-state index < -0.39 is 0 Å². The van der Waals surface area contributed by atoms with E-state index in [-0.39, 0.29) is 19.1 Å². The highest BCUT2D eigenvalue weighted by Gasteiger charge is 2.15. The smallest absolute Gasteiger partial charge is 0.126 e. The molecule has 0 saturated carbocycles. The molecule has 2 aromatic carbocycles. The molecule has 0 aliphatic rings. The van der Waals surface area contributed by atoms with Gasteiger partial charge in [0.05, 0.1) is 92.5 Å². The molecule has 0 aromatic heterocycles. The molecule has 1 atom stereocenters. The Morgan fingerprint density at radius 3 is 1.48 bits per heavy atom. The Kier molecular flexibility index (Phi) is 19.9. The lowest BCUT2D eigenvalue weighted by atomic mass is 9.92. The van der Waals surface area contributed by atoms with Crippen LogP contribution in [-0.2, 0) is 28.4 Å². The van der Waals surface area contributed by atoms with Gasteiger partial charge in [0.25, 0.3) is 0 Å². The van der Waals surface area contributed by atoms with E-state index in [2.05, 4.69) is 19.1 Å². The summed E-state index contributed by atoms with van der Waals surface area (Å²) < 4.78 is 44.4. The lowest BCUT2D eigenvalue weighted by Gasteiger charge is -2.19. The van der Waals surface area contributed by atoms with E-state index in [9.17, 15) is 0 Å². The lowest BCUT2D eigenvalue weighted by molar-refractivity contribution is -0.00782. The molecule has 2 N–H and O–H groups in total. The van der Waals surface area contributed by atoms with Gasteiger partial charge in [-0.05, 0) is 11.6 Å². The minimum absolute atomic E-state index is 0.00770. The van der Waals surface area contributed by atoms with Crippen molar-refractivity contribution >= 4 is 0 Å². The fourth-order valence-electron chi connectivity index (χ4n) is 3.65. The Labute approximate surface area is 238 Å². The summed E-state index contributed by atoms with van der Waals surface area (Å²) in [4.78, 5) is 0. The SMILES string of the molecule is CC(c1ccccc1)c1ccc(OCCOCCOCCO)cc1OCCOCCOCCOCCOCCO. The van der Waals surface area contributed by atoms with Crippen LogP contribution >= 0.6 is 0 Å². The second kappa shape index (κ2) is 23.4. The van der Waals surface area contributed by atoms with Gasteiger partial charge < -0.3 is 48.1 Å². The van der Waals surface area contributed by atoms with Crippen molar-refractivity contribution in [1.82, 2.24) is 0 Å². The number of ether oxygens (including phenoxy) is 8. The fraction of sp³-hybridized carbons (Fsp3) is 0.600. The molecule has 1 unspecified atom stereocenters. The molecule has 0 bridgehead atoms. The zero-order chi connectivity index (χ0) is 28.5. The third-order valence-corrected chi connectivity index (χ3v) is 5.69. The molecular formula is C30H46O10. The summed E-state index contributed by atoms with van der Waals surface area (Å²) in [5.74, 6) is 1.60. The van der Waals surface area contributed by atoms with Crippen molar-refractivity contribution in [2.45, 2.75) is 12.8 Å². The summed E-state index contributed by atoms with van der Waals surface area (Å²) >= 11 is 0. The Morgan fingerprint density at radius 2 is 0.975 bits per heavy atom. The van der Waals surface area contributed by atoms with E-state index in [4.69, 9.17) is 48.1 Å². The number of aliphatic hydroxyl groups excluding tert-OH is 2. The third-order valence-electron chi connectivity index (χ3n) is 5.69. The van der Waals surface area contributed by atoms with Gasteiger partial charge in [-0.15, -0.1) is 0 Å². The monoisotopic (exact) mass is 566 g/mol. The van der Waals surface area contributed by atoms with Gasteiger partial charge in [-0.25, -0.2) is 0 Å². The predicted molar refractivity (Wildman–Crippen MR) is 150 cm³/mol. The number of hydrogen-bond acceptors (Lipinski definition) is 10. The van der Waals surface area contributed by atoms with E-state index >= 15 is 0 Å². The van der Waals surface area contributed by atoms with Gasteiger partial charge in [-0.2, -0.15) is 0 Å². The number of aliphatic hydroxyl groups is 2. The molecular weight excluding hydrogens is 520 g/mol. The first kappa shape index (κ1) is 33.9. The van der Waals surface area contributed by atoms with Crippen molar-refractivity contribution in [3.8, 4) is 11.5 Å². The molecule has 0 aliphatic carbocycles. The zero-order valence-electron chi connectivity index (χ0n) is 23.7. The molecule has 0 radical (unpaired) electrons. The van der Waals surface area contributed by atoms with E-state index in [0.717, 1.165) is 11.3 Å². The normalized spacial score (nSPS) is 12.0. The molecule has 2 aromatic rings. The molecule has 0 fully saturated rings. The Balaban J connectivity index is 1.72. The summed E-state index contributed by atoms with van der Waals surface area (Å²) in [5, 5.41) is 17.3. The minimum Gasteiger partial charge on any atom is -0.491 e. The predicted octanol–water partition coefficient (Wildman–Crippen LogP) is 2.68. The number of rotatable bonds is 26. The molecule has 10 nitrogen and oxygen atoms in total. The van der Waals surface area contributed by atoms with Crippen LogP contribution in [0.15, 0.2) is 48.5 Å². The van der Waals surface area contributed by atoms with Gasteiger partial charge in [0, 0.05) is 17.5 Å². The minimum atomic E-state index is 0.00770. The Hall–Kier alpha value is -2.28. The molecule has 226 valence electrons. The number of hydrogen-bond donors (Lipinski definition) is 2. The van der Waals surface area contributed by atoms with E-state index in [1.165, 1.54) is 5.56 Å². The van der Waals surface area contributed by atoms with Gasteiger partial charge in [0.1, 0.15) is 24.7 Å². The van der Waals surface area contributed by atoms with Gasteiger partial charge in [-0.1, -0.05) is 43.3 Å². The quantitative estimate of drug-likeness (QED) is 0.165. The fourth-order valence-corrected chi connectivity index (χ4v) is 3.65. The molecule has 0 aliphatic heterocycles. The average molecular weight is 567 g/mol. The highest BCUT2D eigenvalue weighted by Crippen LogP contribution is 2.34. The molecule has 0 amide bonds. The van der Waals surface area contributed by atoms with Crippen molar-refractivity contribution in [2.75, 3.05) is 106 Å². The third kappa shape index (κ3) is 15.5. The maximum Gasteiger partial charge on any atom is 0.126 e. The molecule has 40 heavy (non-hydrogen) atoms. The standard InChI is InChI=1S/C30H46O10/c1-26(27-5-3-2-4-6-27)29-8-7-28(39-23-21-37-16-14-34-12-10-32)25-30(29)40-24-22-38-20-19-36-18-17-35-15-13-33-11-9-31/h2-8,25-26,31-32H,9-24H2,1H3. The molecule has 0 saturated heterocycles. The maximum atomic E-state index is 8.71. The maximum absolute atomic E-state index is 8.71. The van der Waals surface area contributed by atoms with Crippen LogP contribution in [0, 0.1) is 0 Å². The summed E-state index contributed by atoms with van der Waals surface area (Å²) in [5.41, 5.74) is 2.27. The van der Waals surface area contributed by atoms with Gasteiger partial charge >= 0.3 is 0 Å². The first-order chi connectivity index (χ1) is 19.8. The topological polar surface area (TPSA) is 114 Å². The molecule has 0 spiro atoms. The summed E-state index contributed by atoms with van der Waals surface area (Å²) in [6, 6.07) is 16.2. The van der Waals surface area contributed by atoms with Gasteiger partial charge in [0.2, 0.25) is 0 Å². The van der Waals surface area contributed by atoms with Crippen LogP contribution in [0.5, 0.6) is 11.5 Å². The van der Waals surface area contributed by atoms with Crippen LogP contribution in [0.4, 0.5) is 0 Å². The van der Waals surface area contributed by atoms with Crippen LogP contribution in [0.2, 0.25) is 0 Å². The summed E-state index contributed by atoms with van der Waals surface area (Å²) in [7, 11) is 0. The zero-order valence-corrected chi connectivity index (χ0v) is 23.7. The van der Waals surface area contributed by atoms with Crippen molar-refractivity contribution in [1.29, 1.82) is 0 Å². The molecule has 2 rings (SSSR count). The summed E-state index contributed by atoms with van der Waals surface area (Å²) in [6.07, 6.45) is 0. The second-order valence-electron chi connectivity index (χ2n) is 8.65. The van der Waals surface area contributed by atoms with Crippen LogP contribution < -0.4 is 9.47 Å². The number of benzene rings is 2.